The molecule has 8 heteroatoms. The molecule has 0 saturated heterocycles. The van der Waals surface area contributed by atoms with Gasteiger partial charge in [-0.2, -0.15) is 0 Å². The van der Waals surface area contributed by atoms with E-state index in [-0.39, 0.29) is 17.1 Å². The maximum absolute atomic E-state index is 13.1. The molecule has 0 saturated carbocycles. The van der Waals surface area contributed by atoms with Gasteiger partial charge in [-0.25, -0.2) is 13.2 Å². The van der Waals surface area contributed by atoms with Crippen LogP contribution in [0.1, 0.15) is 49.9 Å². The highest BCUT2D eigenvalue weighted by Crippen LogP contribution is 2.25. The van der Waals surface area contributed by atoms with E-state index < -0.39 is 21.9 Å². The van der Waals surface area contributed by atoms with Crippen molar-refractivity contribution in [2.75, 3.05) is 16.6 Å². The Hall–Kier alpha value is -3.65. The molecule has 0 aromatic heterocycles. The molecule has 0 aliphatic rings. The van der Waals surface area contributed by atoms with E-state index in [0.29, 0.717) is 28.1 Å². The number of sulfonamides is 1. The predicted molar refractivity (Wildman–Crippen MR) is 133 cm³/mol. The van der Waals surface area contributed by atoms with Crippen molar-refractivity contribution in [3.8, 4) is 0 Å². The Balaban J connectivity index is 1.86. The zero-order valence-corrected chi connectivity index (χ0v) is 20.7. The molecule has 0 heterocycles. The molecule has 3 aromatic carbocycles. The van der Waals surface area contributed by atoms with Crippen molar-refractivity contribution in [2.24, 2.45) is 0 Å². The molecule has 7 nitrogen and oxygen atoms in total. The third-order valence-corrected chi connectivity index (χ3v) is 7.08. The van der Waals surface area contributed by atoms with E-state index in [2.05, 4.69) is 10.0 Å². The number of amides is 1. The van der Waals surface area contributed by atoms with Crippen LogP contribution in [-0.4, -0.2) is 26.9 Å². The third-order valence-electron chi connectivity index (χ3n) is 5.57. The van der Waals surface area contributed by atoms with Gasteiger partial charge in [0, 0.05) is 11.3 Å². The molecule has 3 aromatic rings. The first kappa shape index (κ1) is 25.0. The average molecular weight is 481 g/mol. The van der Waals surface area contributed by atoms with Gasteiger partial charge in [0.15, 0.2) is 0 Å². The molecule has 0 radical (unpaired) electrons. The van der Waals surface area contributed by atoms with Crippen LogP contribution < -0.4 is 10.0 Å². The first-order chi connectivity index (χ1) is 16.0. The molecular weight excluding hydrogens is 452 g/mol. The summed E-state index contributed by atoms with van der Waals surface area (Å²) in [5, 5.41) is 2.78. The SMILES string of the molecule is CCOC(=O)c1ccc(NC(=O)c2ccc(C)c(S(=O)(=O)Nc3cccc(C)c3C)c2)c(C)c1. The van der Waals surface area contributed by atoms with E-state index in [0.717, 1.165) is 11.1 Å². The molecule has 0 aliphatic carbocycles. The first-order valence-corrected chi connectivity index (χ1v) is 12.3. The summed E-state index contributed by atoms with van der Waals surface area (Å²) in [6.45, 7) is 9.19. The van der Waals surface area contributed by atoms with Gasteiger partial charge < -0.3 is 10.1 Å². The maximum Gasteiger partial charge on any atom is 0.338 e. The number of benzene rings is 3. The molecule has 0 bridgehead atoms. The van der Waals surface area contributed by atoms with Gasteiger partial charge in [0.25, 0.3) is 15.9 Å². The number of hydrogen-bond donors (Lipinski definition) is 2. The van der Waals surface area contributed by atoms with Crippen molar-refractivity contribution in [2.45, 2.75) is 39.5 Å². The van der Waals surface area contributed by atoms with Crippen LogP contribution in [0, 0.1) is 27.7 Å². The number of anilines is 2. The van der Waals surface area contributed by atoms with Gasteiger partial charge in [0.05, 0.1) is 22.8 Å². The van der Waals surface area contributed by atoms with Crippen LogP contribution in [0.4, 0.5) is 11.4 Å². The Kier molecular flexibility index (Phi) is 7.41. The molecule has 34 heavy (non-hydrogen) atoms. The number of nitrogens with one attached hydrogen (secondary N) is 2. The fraction of sp³-hybridized carbons (Fsp3) is 0.231. The Morgan fingerprint density at radius 3 is 2.21 bits per heavy atom. The normalized spacial score (nSPS) is 11.1. The molecule has 0 unspecified atom stereocenters. The van der Waals surface area contributed by atoms with E-state index in [1.54, 1.807) is 63.2 Å². The van der Waals surface area contributed by atoms with Gasteiger partial charge in [0.1, 0.15) is 0 Å². The number of esters is 1. The molecule has 178 valence electrons. The van der Waals surface area contributed by atoms with Gasteiger partial charge in [-0.15, -0.1) is 0 Å². The Morgan fingerprint density at radius 1 is 0.824 bits per heavy atom. The summed E-state index contributed by atoms with van der Waals surface area (Å²) in [6.07, 6.45) is 0. The van der Waals surface area contributed by atoms with Crippen LogP contribution in [0.3, 0.4) is 0 Å². The van der Waals surface area contributed by atoms with Gasteiger partial charge in [-0.3, -0.25) is 9.52 Å². The van der Waals surface area contributed by atoms with Gasteiger partial charge >= 0.3 is 5.97 Å². The van der Waals surface area contributed by atoms with E-state index >= 15 is 0 Å². The van der Waals surface area contributed by atoms with Crippen LogP contribution in [-0.2, 0) is 14.8 Å². The summed E-state index contributed by atoms with van der Waals surface area (Å²) in [6, 6.07) is 14.7. The standard InChI is InChI=1S/C26H28N2O5S/c1-6-33-26(30)21-12-13-22(18(4)14-21)27-25(29)20-11-10-17(3)24(15-20)34(31,32)28-23-9-7-8-16(2)19(23)5/h7-15,28H,6H2,1-5H3,(H,27,29). The monoisotopic (exact) mass is 480 g/mol. The fourth-order valence-electron chi connectivity index (χ4n) is 3.43. The number of hydrogen-bond acceptors (Lipinski definition) is 5. The van der Waals surface area contributed by atoms with Gasteiger partial charge in [-0.05, 0) is 93.3 Å². The van der Waals surface area contributed by atoms with Crippen molar-refractivity contribution >= 4 is 33.3 Å². The number of carbonyl (C=O) groups is 2. The summed E-state index contributed by atoms with van der Waals surface area (Å²) < 4.78 is 33.9. The molecule has 0 fully saturated rings. The zero-order valence-electron chi connectivity index (χ0n) is 19.9. The number of aryl methyl sites for hydroxylation is 3. The largest absolute Gasteiger partial charge is 0.462 e. The molecule has 0 atom stereocenters. The summed E-state index contributed by atoms with van der Waals surface area (Å²) in [5.74, 6) is -0.900. The zero-order chi connectivity index (χ0) is 25.0. The summed E-state index contributed by atoms with van der Waals surface area (Å²) in [4.78, 5) is 24.9. The van der Waals surface area contributed by atoms with Crippen LogP contribution in [0.25, 0.3) is 0 Å². The lowest BCUT2D eigenvalue weighted by Gasteiger charge is -2.15. The van der Waals surface area contributed by atoms with Gasteiger partial charge in [0.2, 0.25) is 0 Å². The summed E-state index contributed by atoms with van der Waals surface area (Å²) in [7, 11) is -3.92. The molecule has 3 rings (SSSR count). The lowest BCUT2D eigenvalue weighted by Crippen LogP contribution is -2.18. The van der Waals surface area contributed by atoms with Crippen molar-refractivity contribution in [3.05, 3.63) is 88.0 Å². The second-order valence-electron chi connectivity index (χ2n) is 8.04. The van der Waals surface area contributed by atoms with E-state index in [9.17, 15) is 18.0 Å². The molecular formula is C26H28N2O5S. The highest BCUT2D eigenvalue weighted by Gasteiger charge is 2.21. The van der Waals surface area contributed by atoms with E-state index in [1.165, 1.54) is 6.07 Å². The van der Waals surface area contributed by atoms with Crippen LogP contribution >= 0.6 is 0 Å². The Morgan fingerprint density at radius 2 is 1.53 bits per heavy atom. The molecule has 0 spiro atoms. The first-order valence-electron chi connectivity index (χ1n) is 10.8. The molecule has 0 aliphatic heterocycles. The summed E-state index contributed by atoms with van der Waals surface area (Å²) in [5.41, 5.74) is 4.58. The lowest BCUT2D eigenvalue weighted by atomic mass is 10.1. The fourth-order valence-corrected chi connectivity index (χ4v) is 4.83. The number of rotatable bonds is 7. The third kappa shape index (κ3) is 5.46. The quantitative estimate of drug-likeness (QED) is 0.456. The second-order valence-corrected chi connectivity index (χ2v) is 9.69. The minimum absolute atomic E-state index is 0.0236. The number of ether oxygens (including phenoxy) is 1. The summed E-state index contributed by atoms with van der Waals surface area (Å²) >= 11 is 0. The molecule has 2 N–H and O–H groups in total. The van der Waals surface area contributed by atoms with Crippen LogP contribution in [0.2, 0.25) is 0 Å². The average Bonchev–Trinajstić information content (AvgIpc) is 2.78. The van der Waals surface area contributed by atoms with Crippen molar-refractivity contribution in [1.82, 2.24) is 0 Å². The van der Waals surface area contributed by atoms with Crippen LogP contribution in [0.5, 0.6) is 0 Å². The lowest BCUT2D eigenvalue weighted by molar-refractivity contribution is 0.0526. The van der Waals surface area contributed by atoms with E-state index in [4.69, 9.17) is 4.74 Å². The minimum Gasteiger partial charge on any atom is -0.462 e. The predicted octanol–water partition coefficient (Wildman–Crippen LogP) is 5.15. The van der Waals surface area contributed by atoms with Crippen molar-refractivity contribution in [1.29, 1.82) is 0 Å². The van der Waals surface area contributed by atoms with Crippen molar-refractivity contribution in [3.63, 3.8) is 0 Å². The number of carbonyl (C=O) groups excluding carboxylic acids is 2. The van der Waals surface area contributed by atoms with Gasteiger partial charge in [-0.1, -0.05) is 18.2 Å². The second kappa shape index (κ2) is 10.1. The maximum atomic E-state index is 13.1. The highest BCUT2D eigenvalue weighted by molar-refractivity contribution is 7.92. The molecule has 1 amide bonds. The topological polar surface area (TPSA) is 102 Å². The smallest absolute Gasteiger partial charge is 0.338 e. The Bertz CT molecular complexity index is 1360. The Labute approximate surface area is 200 Å². The van der Waals surface area contributed by atoms with Crippen molar-refractivity contribution < 1.29 is 22.7 Å². The van der Waals surface area contributed by atoms with Crippen LogP contribution in [0.15, 0.2) is 59.5 Å². The highest BCUT2D eigenvalue weighted by atomic mass is 32.2. The van der Waals surface area contributed by atoms with E-state index in [1.807, 2.05) is 19.9 Å². The minimum atomic E-state index is -3.92.